The van der Waals surface area contributed by atoms with Crippen molar-refractivity contribution in [1.29, 1.82) is 0 Å². The summed E-state index contributed by atoms with van der Waals surface area (Å²) in [5.74, 6) is 1.18. The molecule has 1 aromatic carbocycles. The number of ether oxygens (including phenoxy) is 2. The van der Waals surface area contributed by atoms with Gasteiger partial charge in [-0.3, -0.25) is 4.79 Å². The molecule has 2 aliphatic rings. The predicted molar refractivity (Wildman–Crippen MR) is 96.8 cm³/mol. The van der Waals surface area contributed by atoms with Crippen molar-refractivity contribution < 1.29 is 22.7 Å². The zero-order valence-electron chi connectivity index (χ0n) is 15.3. The fourth-order valence-electron chi connectivity index (χ4n) is 3.71. The number of benzene rings is 1. The summed E-state index contributed by atoms with van der Waals surface area (Å²) in [4.78, 5) is 14.5. The summed E-state index contributed by atoms with van der Waals surface area (Å²) in [6.07, 6.45) is 4.15. The minimum atomic E-state index is -3.63. The molecule has 0 spiro atoms. The molecular formula is C18H26N2O5S. The number of hydrogen-bond donors (Lipinski definition) is 0. The average Bonchev–Trinajstić information content (AvgIpc) is 3.21. The zero-order valence-corrected chi connectivity index (χ0v) is 16.1. The van der Waals surface area contributed by atoms with Crippen LogP contribution in [0.2, 0.25) is 0 Å². The number of piperazine rings is 1. The maximum Gasteiger partial charge on any atom is 0.243 e. The van der Waals surface area contributed by atoms with Gasteiger partial charge in [0, 0.05) is 38.2 Å². The number of carbonyl (C=O) groups excluding carboxylic acids is 1. The fraction of sp³-hybridized carbons (Fsp3) is 0.611. The van der Waals surface area contributed by atoms with Gasteiger partial charge in [0.1, 0.15) is 0 Å². The first-order valence-corrected chi connectivity index (χ1v) is 10.4. The van der Waals surface area contributed by atoms with Crippen LogP contribution in [0.3, 0.4) is 0 Å². The Hall–Kier alpha value is -1.80. The van der Waals surface area contributed by atoms with Gasteiger partial charge in [0.2, 0.25) is 15.9 Å². The first-order chi connectivity index (χ1) is 12.5. The van der Waals surface area contributed by atoms with Crippen LogP contribution in [0.5, 0.6) is 11.5 Å². The van der Waals surface area contributed by atoms with Gasteiger partial charge in [-0.2, -0.15) is 4.31 Å². The van der Waals surface area contributed by atoms with E-state index in [0.29, 0.717) is 37.7 Å². The SMILES string of the molecule is COc1ccc(S(=O)(=O)N2CCN(C(=O)C3CCCC3)CC2)cc1OC. The standard InChI is InChI=1S/C18H26N2O5S/c1-24-16-8-7-15(13-17(16)25-2)26(22,23)20-11-9-19(10-12-20)18(21)14-5-3-4-6-14/h7-8,13-14H,3-6,9-12H2,1-2H3. The molecule has 2 fully saturated rings. The summed E-state index contributed by atoms with van der Waals surface area (Å²) in [6, 6.07) is 4.59. The Labute approximate surface area is 154 Å². The summed E-state index contributed by atoms with van der Waals surface area (Å²) < 4.78 is 37.6. The normalized spacial score (nSPS) is 19.5. The van der Waals surface area contributed by atoms with Crippen molar-refractivity contribution in [2.75, 3.05) is 40.4 Å². The van der Waals surface area contributed by atoms with Crippen molar-refractivity contribution in [3.05, 3.63) is 18.2 Å². The lowest BCUT2D eigenvalue weighted by Gasteiger charge is -2.35. The molecule has 1 aliphatic carbocycles. The van der Waals surface area contributed by atoms with E-state index in [1.807, 2.05) is 4.90 Å². The number of rotatable bonds is 5. The number of amides is 1. The van der Waals surface area contributed by atoms with Crippen LogP contribution in [-0.2, 0) is 14.8 Å². The van der Waals surface area contributed by atoms with Gasteiger partial charge in [0.25, 0.3) is 0 Å². The minimum Gasteiger partial charge on any atom is -0.493 e. The van der Waals surface area contributed by atoms with Gasteiger partial charge in [0.15, 0.2) is 11.5 Å². The molecule has 0 N–H and O–H groups in total. The lowest BCUT2D eigenvalue weighted by Crippen LogP contribution is -2.51. The van der Waals surface area contributed by atoms with Gasteiger partial charge in [0.05, 0.1) is 19.1 Å². The minimum absolute atomic E-state index is 0.129. The predicted octanol–water partition coefficient (Wildman–Crippen LogP) is 1.73. The summed E-state index contributed by atoms with van der Waals surface area (Å²) in [6.45, 7) is 1.52. The van der Waals surface area contributed by atoms with Crippen LogP contribution >= 0.6 is 0 Å². The summed E-state index contributed by atoms with van der Waals surface area (Å²) in [5, 5.41) is 0. The molecule has 1 aliphatic heterocycles. The smallest absolute Gasteiger partial charge is 0.243 e. The van der Waals surface area contributed by atoms with Gasteiger partial charge in [-0.05, 0) is 25.0 Å². The molecule has 0 aromatic heterocycles. The van der Waals surface area contributed by atoms with Gasteiger partial charge in [-0.25, -0.2) is 8.42 Å². The maximum absolute atomic E-state index is 12.9. The quantitative estimate of drug-likeness (QED) is 0.775. The molecule has 1 heterocycles. The lowest BCUT2D eigenvalue weighted by atomic mass is 10.1. The second-order valence-electron chi connectivity index (χ2n) is 6.73. The Morgan fingerprint density at radius 1 is 1.00 bits per heavy atom. The Bertz CT molecular complexity index is 751. The molecule has 144 valence electrons. The largest absolute Gasteiger partial charge is 0.493 e. The van der Waals surface area contributed by atoms with Crippen LogP contribution in [-0.4, -0.2) is 63.9 Å². The monoisotopic (exact) mass is 382 g/mol. The molecule has 1 saturated carbocycles. The van der Waals surface area contributed by atoms with Crippen LogP contribution in [0.15, 0.2) is 23.1 Å². The Morgan fingerprint density at radius 3 is 2.19 bits per heavy atom. The van der Waals surface area contributed by atoms with Crippen molar-refractivity contribution >= 4 is 15.9 Å². The summed E-state index contributed by atoms with van der Waals surface area (Å²) in [7, 11) is -0.648. The second kappa shape index (κ2) is 7.84. The maximum atomic E-state index is 12.9. The summed E-state index contributed by atoms with van der Waals surface area (Å²) >= 11 is 0. The highest BCUT2D eigenvalue weighted by molar-refractivity contribution is 7.89. The van der Waals surface area contributed by atoms with E-state index in [-0.39, 0.29) is 16.7 Å². The molecule has 0 unspecified atom stereocenters. The number of methoxy groups -OCH3 is 2. The van der Waals surface area contributed by atoms with E-state index in [2.05, 4.69) is 0 Å². The van der Waals surface area contributed by atoms with E-state index in [9.17, 15) is 13.2 Å². The molecule has 1 saturated heterocycles. The highest BCUT2D eigenvalue weighted by Gasteiger charge is 2.33. The third kappa shape index (κ3) is 3.66. The molecule has 0 bridgehead atoms. The van der Waals surface area contributed by atoms with Gasteiger partial charge >= 0.3 is 0 Å². The van der Waals surface area contributed by atoms with E-state index in [4.69, 9.17) is 9.47 Å². The van der Waals surface area contributed by atoms with Crippen LogP contribution < -0.4 is 9.47 Å². The van der Waals surface area contributed by atoms with Gasteiger partial charge in [-0.1, -0.05) is 12.8 Å². The zero-order chi connectivity index (χ0) is 18.7. The lowest BCUT2D eigenvalue weighted by molar-refractivity contribution is -0.136. The van der Waals surface area contributed by atoms with Crippen LogP contribution in [0.1, 0.15) is 25.7 Å². The van der Waals surface area contributed by atoms with Crippen molar-refractivity contribution in [2.45, 2.75) is 30.6 Å². The van der Waals surface area contributed by atoms with Crippen molar-refractivity contribution in [3.63, 3.8) is 0 Å². The van der Waals surface area contributed by atoms with E-state index < -0.39 is 10.0 Å². The highest BCUT2D eigenvalue weighted by atomic mass is 32.2. The molecular weight excluding hydrogens is 356 g/mol. The Morgan fingerprint density at radius 2 is 1.62 bits per heavy atom. The fourth-order valence-corrected chi connectivity index (χ4v) is 5.14. The topological polar surface area (TPSA) is 76.2 Å². The number of carbonyl (C=O) groups is 1. The van der Waals surface area contributed by atoms with E-state index in [1.54, 1.807) is 6.07 Å². The van der Waals surface area contributed by atoms with Crippen molar-refractivity contribution in [3.8, 4) is 11.5 Å². The molecule has 8 heteroatoms. The summed E-state index contributed by atoms with van der Waals surface area (Å²) in [5.41, 5.74) is 0. The number of nitrogens with zero attached hydrogens (tertiary/aromatic N) is 2. The molecule has 0 atom stereocenters. The second-order valence-corrected chi connectivity index (χ2v) is 8.67. The van der Waals surface area contributed by atoms with Gasteiger partial charge < -0.3 is 14.4 Å². The third-order valence-electron chi connectivity index (χ3n) is 5.25. The van der Waals surface area contributed by atoms with Crippen LogP contribution in [0, 0.1) is 5.92 Å². The van der Waals surface area contributed by atoms with Crippen molar-refractivity contribution in [2.24, 2.45) is 5.92 Å². The Balaban J connectivity index is 1.69. The van der Waals surface area contributed by atoms with E-state index >= 15 is 0 Å². The number of sulfonamides is 1. The highest BCUT2D eigenvalue weighted by Crippen LogP contribution is 2.31. The molecule has 1 amide bonds. The van der Waals surface area contributed by atoms with Gasteiger partial charge in [-0.15, -0.1) is 0 Å². The van der Waals surface area contributed by atoms with E-state index in [0.717, 1.165) is 25.7 Å². The first-order valence-electron chi connectivity index (χ1n) is 8.98. The molecule has 7 nitrogen and oxygen atoms in total. The molecule has 1 aromatic rings. The van der Waals surface area contributed by atoms with Crippen molar-refractivity contribution in [1.82, 2.24) is 9.21 Å². The van der Waals surface area contributed by atoms with Crippen LogP contribution in [0.4, 0.5) is 0 Å². The molecule has 26 heavy (non-hydrogen) atoms. The van der Waals surface area contributed by atoms with E-state index in [1.165, 1.54) is 30.7 Å². The molecule has 0 radical (unpaired) electrons. The molecule has 3 rings (SSSR count). The third-order valence-corrected chi connectivity index (χ3v) is 7.14. The first kappa shape index (κ1) is 19.0. The average molecular weight is 382 g/mol. The Kier molecular flexibility index (Phi) is 5.72. The number of hydrogen-bond acceptors (Lipinski definition) is 5. The van der Waals surface area contributed by atoms with Crippen LogP contribution in [0.25, 0.3) is 0 Å².